The first kappa shape index (κ1) is 15.3. The average Bonchev–Trinajstić information content (AvgIpc) is 2.43. The van der Waals surface area contributed by atoms with E-state index in [-0.39, 0.29) is 11.4 Å². The van der Waals surface area contributed by atoms with Gasteiger partial charge in [-0.3, -0.25) is 4.90 Å². The summed E-state index contributed by atoms with van der Waals surface area (Å²) in [4.78, 5) is 1.86. The highest BCUT2D eigenvalue weighted by atomic mass is 32.2. The Bertz CT molecular complexity index is 560. The molecule has 0 spiro atoms. The molecule has 0 saturated carbocycles. The molecule has 0 bridgehead atoms. The number of benzene rings is 1. The van der Waals surface area contributed by atoms with Crippen molar-refractivity contribution in [2.45, 2.75) is 4.90 Å². The van der Waals surface area contributed by atoms with E-state index >= 15 is 0 Å². The molecule has 0 radical (unpaired) electrons. The summed E-state index contributed by atoms with van der Waals surface area (Å²) in [6.07, 6.45) is 0. The minimum atomic E-state index is -3.80. The highest BCUT2D eigenvalue weighted by Crippen LogP contribution is 2.13. The number of nitrogens with zero attached hydrogens (tertiary/aromatic N) is 1. The summed E-state index contributed by atoms with van der Waals surface area (Å²) < 4.78 is 52.0. The molecule has 112 valence electrons. The molecule has 1 saturated heterocycles. The van der Waals surface area contributed by atoms with Crippen molar-refractivity contribution in [3.8, 4) is 0 Å². The number of piperazine rings is 1. The van der Waals surface area contributed by atoms with Gasteiger partial charge in [0.2, 0.25) is 10.0 Å². The van der Waals surface area contributed by atoms with Gasteiger partial charge in [0.15, 0.2) is 11.6 Å². The molecule has 2 N–H and O–H groups in total. The molecule has 1 aromatic rings. The molecule has 0 amide bonds. The van der Waals surface area contributed by atoms with Crippen molar-refractivity contribution in [1.82, 2.24) is 14.9 Å². The number of nitrogens with one attached hydrogen (secondary N) is 2. The van der Waals surface area contributed by atoms with Crippen molar-refractivity contribution in [1.29, 1.82) is 0 Å². The van der Waals surface area contributed by atoms with Crippen LogP contribution in [-0.2, 0) is 10.0 Å². The molecule has 0 aromatic heterocycles. The average molecular weight is 305 g/mol. The summed E-state index contributed by atoms with van der Waals surface area (Å²) in [6, 6.07) is 2.54. The Hall–Kier alpha value is -1.09. The predicted molar refractivity (Wildman–Crippen MR) is 70.9 cm³/mol. The van der Waals surface area contributed by atoms with Gasteiger partial charge in [0, 0.05) is 39.3 Å². The van der Waals surface area contributed by atoms with E-state index in [4.69, 9.17) is 0 Å². The van der Waals surface area contributed by atoms with Crippen molar-refractivity contribution in [3.63, 3.8) is 0 Å². The Kier molecular flexibility index (Phi) is 5.03. The molecule has 1 aliphatic heterocycles. The molecular weight excluding hydrogens is 288 g/mol. The van der Waals surface area contributed by atoms with Gasteiger partial charge in [0.25, 0.3) is 0 Å². The van der Waals surface area contributed by atoms with Crippen LogP contribution in [0, 0.1) is 11.6 Å². The quantitative estimate of drug-likeness (QED) is 0.813. The third kappa shape index (κ3) is 3.95. The number of hydrogen-bond donors (Lipinski definition) is 2. The molecule has 5 nitrogen and oxygen atoms in total. The molecule has 1 fully saturated rings. The van der Waals surface area contributed by atoms with Gasteiger partial charge in [-0.15, -0.1) is 0 Å². The van der Waals surface area contributed by atoms with E-state index in [1.807, 2.05) is 0 Å². The van der Waals surface area contributed by atoms with Gasteiger partial charge >= 0.3 is 0 Å². The van der Waals surface area contributed by atoms with Gasteiger partial charge in [-0.25, -0.2) is 21.9 Å². The van der Waals surface area contributed by atoms with Crippen LogP contribution in [0.15, 0.2) is 23.1 Å². The Morgan fingerprint density at radius 1 is 1.20 bits per heavy atom. The molecule has 1 aliphatic rings. The minimum absolute atomic E-state index is 0.237. The first-order valence-corrected chi connectivity index (χ1v) is 7.85. The van der Waals surface area contributed by atoms with Crippen molar-refractivity contribution in [2.75, 3.05) is 39.3 Å². The lowest BCUT2D eigenvalue weighted by Gasteiger charge is -2.27. The topological polar surface area (TPSA) is 61.4 Å². The molecule has 1 aromatic carbocycles. The smallest absolute Gasteiger partial charge is 0.240 e. The fourth-order valence-corrected chi connectivity index (χ4v) is 3.03. The lowest BCUT2D eigenvalue weighted by atomic mass is 10.3. The second-order valence-electron chi connectivity index (χ2n) is 4.57. The summed E-state index contributed by atoms with van der Waals surface area (Å²) in [5, 5.41) is 3.20. The van der Waals surface area contributed by atoms with Crippen LogP contribution >= 0.6 is 0 Å². The van der Waals surface area contributed by atoms with Gasteiger partial charge < -0.3 is 5.32 Å². The van der Waals surface area contributed by atoms with E-state index in [9.17, 15) is 17.2 Å². The lowest BCUT2D eigenvalue weighted by molar-refractivity contribution is 0.245. The van der Waals surface area contributed by atoms with Gasteiger partial charge in [0.05, 0.1) is 4.90 Å². The van der Waals surface area contributed by atoms with Gasteiger partial charge in [-0.05, 0) is 18.2 Å². The van der Waals surface area contributed by atoms with Gasteiger partial charge in [0.1, 0.15) is 0 Å². The summed E-state index contributed by atoms with van der Waals surface area (Å²) in [5.74, 6) is -2.24. The molecule has 2 rings (SSSR count). The van der Waals surface area contributed by atoms with Crippen LogP contribution in [0.1, 0.15) is 0 Å². The summed E-state index contributed by atoms with van der Waals surface area (Å²) >= 11 is 0. The summed E-state index contributed by atoms with van der Waals surface area (Å²) in [5.41, 5.74) is 0. The van der Waals surface area contributed by atoms with Crippen LogP contribution in [0.2, 0.25) is 0 Å². The molecule has 1 heterocycles. The zero-order valence-corrected chi connectivity index (χ0v) is 11.7. The van der Waals surface area contributed by atoms with E-state index in [2.05, 4.69) is 14.9 Å². The minimum Gasteiger partial charge on any atom is -0.314 e. The third-order valence-corrected chi connectivity index (χ3v) is 4.59. The second-order valence-corrected chi connectivity index (χ2v) is 6.33. The first-order valence-electron chi connectivity index (χ1n) is 6.37. The normalized spacial score (nSPS) is 17.3. The highest BCUT2D eigenvalue weighted by Gasteiger charge is 2.17. The lowest BCUT2D eigenvalue weighted by Crippen LogP contribution is -2.46. The summed E-state index contributed by atoms with van der Waals surface area (Å²) in [7, 11) is -3.80. The second kappa shape index (κ2) is 6.57. The van der Waals surface area contributed by atoms with Crippen LogP contribution < -0.4 is 10.0 Å². The molecule has 20 heavy (non-hydrogen) atoms. The van der Waals surface area contributed by atoms with Crippen LogP contribution in [0.25, 0.3) is 0 Å². The number of hydrogen-bond acceptors (Lipinski definition) is 4. The molecule has 0 aliphatic carbocycles. The Morgan fingerprint density at radius 2 is 1.90 bits per heavy atom. The third-order valence-electron chi connectivity index (χ3n) is 3.13. The maximum atomic E-state index is 13.0. The van der Waals surface area contributed by atoms with E-state index in [1.54, 1.807) is 0 Å². The fraction of sp³-hybridized carbons (Fsp3) is 0.500. The SMILES string of the molecule is O=S(=O)(NCCN1CCNCC1)c1ccc(F)c(F)c1. The largest absolute Gasteiger partial charge is 0.314 e. The molecule has 0 unspecified atom stereocenters. The van der Waals surface area contributed by atoms with Gasteiger partial charge in [-0.2, -0.15) is 0 Å². The fourth-order valence-electron chi connectivity index (χ4n) is 2.00. The summed E-state index contributed by atoms with van der Waals surface area (Å²) in [6.45, 7) is 4.33. The maximum absolute atomic E-state index is 13.0. The van der Waals surface area contributed by atoms with Crippen LogP contribution in [0.4, 0.5) is 8.78 Å². The van der Waals surface area contributed by atoms with Gasteiger partial charge in [-0.1, -0.05) is 0 Å². The maximum Gasteiger partial charge on any atom is 0.240 e. The van der Waals surface area contributed by atoms with Crippen molar-refractivity contribution >= 4 is 10.0 Å². The van der Waals surface area contributed by atoms with E-state index < -0.39 is 21.7 Å². The number of sulfonamides is 1. The first-order chi connectivity index (χ1) is 9.49. The monoisotopic (exact) mass is 305 g/mol. The number of rotatable bonds is 5. The standard InChI is InChI=1S/C12H17F2N3O2S/c13-11-2-1-10(9-12(11)14)20(18,19)16-5-8-17-6-3-15-4-7-17/h1-2,9,15-16H,3-8H2. The molecular formula is C12H17F2N3O2S. The zero-order valence-electron chi connectivity index (χ0n) is 10.9. The van der Waals surface area contributed by atoms with Crippen LogP contribution in [-0.4, -0.2) is 52.6 Å². The van der Waals surface area contributed by atoms with Crippen molar-refractivity contribution < 1.29 is 17.2 Å². The predicted octanol–water partition coefficient (Wildman–Crippen LogP) is 0.148. The Balaban J connectivity index is 1.91. The van der Waals surface area contributed by atoms with E-state index in [0.29, 0.717) is 12.6 Å². The highest BCUT2D eigenvalue weighted by molar-refractivity contribution is 7.89. The Morgan fingerprint density at radius 3 is 2.55 bits per heavy atom. The Labute approximate surface area is 117 Å². The van der Waals surface area contributed by atoms with Crippen molar-refractivity contribution in [3.05, 3.63) is 29.8 Å². The van der Waals surface area contributed by atoms with Crippen molar-refractivity contribution in [2.24, 2.45) is 0 Å². The molecule has 0 atom stereocenters. The molecule has 8 heteroatoms. The zero-order chi connectivity index (χ0) is 14.6. The van der Waals surface area contributed by atoms with E-state index in [1.165, 1.54) is 0 Å². The van der Waals surface area contributed by atoms with E-state index in [0.717, 1.165) is 38.3 Å². The van der Waals surface area contributed by atoms with Crippen LogP contribution in [0.5, 0.6) is 0 Å². The number of halogens is 2. The van der Waals surface area contributed by atoms with Crippen LogP contribution in [0.3, 0.4) is 0 Å².